The molecule has 2 amide bonds. The van der Waals surface area contributed by atoms with Gasteiger partial charge in [0.25, 0.3) is 0 Å². The number of carbonyl (C=O) groups is 2. The molecule has 0 unspecified atom stereocenters. The standard InChI is InChI=1S/C16H18N4O2/c1-11(21)20-8-4-12(5-9-20)16(22)19-13-2-3-14-15(10-13)18-7-6-17-14/h2-3,6-7,10,12H,4-5,8-9H2,1H3,(H,19,22). The number of benzene rings is 1. The number of amides is 2. The molecule has 6 heteroatoms. The predicted octanol–water partition coefficient (Wildman–Crippen LogP) is 1.83. The van der Waals surface area contributed by atoms with E-state index in [-0.39, 0.29) is 17.7 Å². The highest BCUT2D eigenvalue weighted by molar-refractivity contribution is 5.94. The molecular formula is C16H18N4O2. The van der Waals surface area contributed by atoms with Gasteiger partial charge in [-0.15, -0.1) is 0 Å². The first-order valence-corrected chi connectivity index (χ1v) is 7.40. The van der Waals surface area contributed by atoms with E-state index in [1.807, 2.05) is 18.2 Å². The molecular weight excluding hydrogens is 280 g/mol. The van der Waals surface area contributed by atoms with E-state index in [9.17, 15) is 9.59 Å². The third-order valence-corrected chi connectivity index (χ3v) is 4.05. The van der Waals surface area contributed by atoms with Crippen molar-refractivity contribution < 1.29 is 9.59 Å². The van der Waals surface area contributed by atoms with Crippen LogP contribution in [-0.4, -0.2) is 39.8 Å². The van der Waals surface area contributed by atoms with Gasteiger partial charge < -0.3 is 10.2 Å². The van der Waals surface area contributed by atoms with E-state index in [1.54, 1.807) is 24.2 Å². The largest absolute Gasteiger partial charge is 0.343 e. The summed E-state index contributed by atoms with van der Waals surface area (Å²) < 4.78 is 0. The molecule has 0 atom stereocenters. The van der Waals surface area contributed by atoms with Crippen LogP contribution in [0.4, 0.5) is 5.69 Å². The van der Waals surface area contributed by atoms with Gasteiger partial charge in [0.1, 0.15) is 0 Å². The first-order valence-electron chi connectivity index (χ1n) is 7.40. The fourth-order valence-electron chi connectivity index (χ4n) is 2.74. The number of anilines is 1. The third kappa shape index (κ3) is 3.05. The van der Waals surface area contributed by atoms with Gasteiger partial charge in [0.05, 0.1) is 11.0 Å². The maximum absolute atomic E-state index is 12.3. The Morgan fingerprint density at radius 1 is 1.14 bits per heavy atom. The van der Waals surface area contributed by atoms with Crippen molar-refractivity contribution in [2.45, 2.75) is 19.8 Å². The quantitative estimate of drug-likeness (QED) is 0.917. The highest BCUT2D eigenvalue weighted by Crippen LogP contribution is 2.21. The van der Waals surface area contributed by atoms with Crippen molar-refractivity contribution >= 4 is 28.5 Å². The number of likely N-dealkylation sites (tertiary alicyclic amines) is 1. The topological polar surface area (TPSA) is 75.2 Å². The van der Waals surface area contributed by atoms with Crippen LogP contribution in [0.2, 0.25) is 0 Å². The molecule has 3 rings (SSSR count). The Kier molecular flexibility index (Phi) is 4.00. The lowest BCUT2D eigenvalue weighted by Gasteiger charge is -2.30. The maximum Gasteiger partial charge on any atom is 0.227 e. The number of fused-ring (bicyclic) bond motifs is 1. The summed E-state index contributed by atoms with van der Waals surface area (Å²) in [7, 11) is 0. The molecule has 114 valence electrons. The Balaban J connectivity index is 1.65. The molecule has 1 aliphatic rings. The molecule has 22 heavy (non-hydrogen) atoms. The molecule has 0 bridgehead atoms. The summed E-state index contributed by atoms with van der Waals surface area (Å²) in [6.45, 7) is 2.86. The molecule has 1 aromatic heterocycles. The van der Waals surface area contributed by atoms with E-state index in [0.717, 1.165) is 16.7 Å². The normalized spacial score (nSPS) is 15.8. The Bertz CT molecular complexity index is 708. The van der Waals surface area contributed by atoms with Crippen LogP contribution in [-0.2, 0) is 9.59 Å². The minimum absolute atomic E-state index is 0.00597. The summed E-state index contributed by atoms with van der Waals surface area (Å²) in [5.41, 5.74) is 2.29. The smallest absolute Gasteiger partial charge is 0.227 e. The molecule has 6 nitrogen and oxygen atoms in total. The monoisotopic (exact) mass is 298 g/mol. The van der Waals surface area contributed by atoms with Crippen LogP contribution in [0.25, 0.3) is 11.0 Å². The zero-order valence-corrected chi connectivity index (χ0v) is 12.5. The van der Waals surface area contributed by atoms with Crippen LogP contribution in [0.1, 0.15) is 19.8 Å². The van der Waals surface area contributed by atoms with Crippen molar-refractivity contribution in [1.82, 2.24) is 14.9 Å². The summed E-state index contributed by atoms with van der Waals surface area (Å²) >= 11 is 0. The van der Waals surface area contributed by atoms with E-state index in [2.05, 4.69) is 15.3 Å². The van der Waals surface area contributed by atoms with E-state index in [1.165, 1.54) is 0 Å². The van der Waals surface area contributed by atoms with Crippen LogP contribution in [0.3, 0.4) is 0 Å². The lowest BCUT2D eigenvalue weighted by molar-refractivity contribution is -0.132. The van der Waals surface area contributed by atoms with Gasteiger partial charge in [-0.3, -0.25) is 19.6 Å². The summed E-state index contributed by atoms with van der Waals surface area (Å²) in [4.78, 5) is 33.9. The summed E-state index contributed by atoms with van der Waals surface area (Å²) in [6.07, 6.45) is 4.69. The second kappa shape index (κ2) is 6.09. The Hall–Kier alpha value is -2.50. The molecule has 1 aromatic carbocycles. The summed E-state index contributed by atoms with van der Waals surface area (Å²) in [6, 6.07) is 5.50. The van der Waals surface area contributed by atoms with Crippen molar-refractivity contribution in [3.05, 3.63) is 30.6 Å². The molecule has 0 aliphatic carbocycles. The second-order valence-electron chi connectivity index (χ2n) is 5.53. The number of hydrogen-bond donors (Lipinski definition) is 1. The van der Waals surface area contributed by atoms with E-state index < -0.39 is 0 Å². The number of rotatable bonds is 2. The average Bonchev–Trinajstić information content (AvgIpc) is 2.55. The van der Waals surface area contributed by atoms with Gasteiger partial charge in [-0.05, 0) is 31.0 Å². The number of piperidine rings is 1. The third-order valence-electron chi connectivity index (χ3n) is 4.05. The van der Waals surface area contributed by atoms with Gasteiger partial charge in [-0.25, -0.2) is 0 Å². The van der Waals surface area contributed by atoms with Gasteiger partial charge >= 0.3 is 0 Å². The molecule has 0 saturated carbocycles. The van der Waals surface area contributed by atoms with E-state index in [0.29, 0.717) is 25.9 Å². The number of nitrogens with zero attached hydrogens (tertiary/aromatic N) is 3. The van der Waals surface area contributed by atoms with Crippen molar-refractivity contribution in [2.75, 3.05) is 18.4 Å². The van der Waals surface area contributed by atoms with Crippen LogP contribution >= 0.6 is 0 Å². The molecule has 1 aliphatic heterocycles. The second-order valence-corrected chi connectivity index (χ2v) is 5.53. The molecule has 0 spiro atoms. The van der Waals surface area contributed by atoms with Crippen molar-refractivity contribution in [3.8, 4) is 0 Å². The van der Waals surface area contributed by atoms with Gasteiger partial charge in [0, 0.05) is 44.0 Å². The maximum atomic E-state index is 12.3. The molecule has 1 saturated heterocycles. The van der Waals surface area contributed by atoms with E-state index >= 15 is 0 Å². The van der Waals surface area contributed by atoms with Crippen LogP contribution in [0, 0.1) is 5.92 Å². The number of nitrogens with one attached hydrogen (secondary N) is 1. The summed E-state index contributed by atoms with van der Waals surface area (Å²) in [5.74, 6) is 0.0339. The predicted molar refractivity (Wildman–Crippen MR) is 83.1 cm³/mol. The molecule has 0 radical (unpaired) electrons. The first kappa shape index (κ1) is 14.4. The number of aromatic nitrogens is 2. The van der Waals surface area contributed by atoms with Crippen molar-refractivity contribution in [1.29, 1.82) is 0 Å². The van der Waals surface area contributed by atoms with Crippen LogP contribution in [0.15, 0.2) is 30.6 Å². The Morgan fingerprint density at radius 3 is 2.50 bits per heavy atom. The number of carbonyl (C=O) groups excluding carboxylic acids is 2. The molecule has 2 aromatic rings. The SMILES string of the molecule is CC(=O)N1CCC(C(=O)Nc2ccc3nccnc3c2)CC1. The van der Waals surface area contributed by atoms with Crippen LogP contribution < -0.4 is 5.32 Å². The van der Waals surface area contributed by atoms with Gasteiger partial charge in [0.2, 0.25) is 11.8 Å². The van der Waals surface area contributed by atoms with Gasteiger partial charge in [-0.2, -0.15) is 0 Å². The van der Waals surface area contributed by atoms with Crippen LogP contribution in [0.5, 0.6) is 0 Å². The highest BCUT2D eigenvalue weighted by Gasteiger charge is 2.26. The summed E-state index contributed by atoms with van der Waals surface area (Å²) in [5, 5.41) is 2.94. The fourth-order valence-corrected chi connectivity index (χ4v) is 2.74. The lowest BCUT2D eigenvalue weighted by Crippen LogP contribution is -2.40. The zero-order valence-electron chi connectivity index (χ0n) is 12.5. The number of hydrogen-bond acceptors (Lipinski definition) is 4. The van der Waals surface area contributed by atoms with Crippen molar-refractivity contribution in [3.63, 3.8) is 0 Å². The minimum Gasteiger partial charge on any atom is -0.343 e. The Labute approximate surface area is 128 Å². The van der Waals surface area contributed by atoms with E-state index in [4.69, 9.17) is 0 Å². The van der Waals surface area contributed by atoms with Gasteiger partial charge in [0.15, 0.2) is 0 Å². The first-order chi connectivity index (χ1) is 10.6. The molecule has 2 heterocycles. The highest BCUT2D eigenvalue weighted by atomic mass is 16.2. The van der Waals surface area contributed by atoms with Crippen molar-refractivity contribution in [2.24, 2.45) is 5.92 Å². The lowest BCUT2D eigenvalue weighted by atomic mass is 9.96. The molecule has 1 N–H and O–H groups in total. The average molecular weight is 298 g/mol. The molecule has 1 fully saturated rings. The van der Waals surface area contributed by atoms with Gasteiger partial charge in [-0.1, -0.05) is 0 Å². The Morgan fingerprint density at radius 2 is 1.82 bits per heavy atom. The fraction of sp³-hybridized carbons (Fsp3) is 0.375. The minimum atomic E-state index is -0.0480. The zero-order chi connectivity index (χ0) is 15.5.